The molecule has 1 aliphatic carbocycles. The predicted octanol–water partition coefficient (Wildman–Crippen LogP) is 3.87. The monoisotopic (exact) mass is 1010 g/mol. The number of amides is 5. The van der Waals surface area contributed by atoms with Gasteiger partial charge in [-0.2, -0.15) is 4.98 Å². The lowest BCUT2D eigenvalue weighted by Gasteiger charge is -2.36. The number of thioether (sulfide) groups is 1. The van der Waals surface area contributed by atoms with E-state index in [-0.39, 0.29) is 59.2 Å². The summed E-state index contributed by atoms with van der Waals surface area (Å²) in [6.45, 7) is 9.50. The summed E-state index contributed by atoms with van der Waals surface area (Å²) >= 11 is 1.39. The number of nitrogens with zero attached hydrogens (tertiary/aromatic N) is 7. The number of piperazine rings is 1. The average Bonchev–Trinajstić information content (AvgIpc) is 3.99. The molecule has 1 saturated carbocycles. The Bertz CT molecular complexity index is 2690. The third kappa shape index (κ3) is 12.5. The molecule has 0 radical (unpaired) electrons. The Labute approximate surface area is 420 Å². The highest BCUT2D eigenvalue weighted by atomic mass is 32.2. The predicted molar refractivity (Wildman–Crippen MR) is 265 cm³/mol. The van der Waals surface area contributed by atoms with E-state index in [0.717, 1.165) is 36.3 Å². The Hall–Kier alpha value is -6.17. The number of ketones is 1. The van der Waals surface area contributed by atoms with Gasteiger partial charge in [0.05, 0.1) is 101 Å². The molecule has 2 saturated heterocycles. The first-order valence-electron chi connectivity index (χ1n) is 24.5. The number of anilines is 3. The molecule has 4 aromatic rings. The summed E-state index contributed by atoms with van der Waals surface area (Å²) in [5, 5.41) is 6.07. The topological polar surface area (TPSA) is 243 Å². The first-order valence-corrected chi connectivity index (χ1v) is 25.5. The molecule has 21 nitrogen and oxygen atoms in total. The number of nitrogens with one attached hydrogen (secondary N) is 2. The lowest BCUT2D eigenvalue weighted by atomic mass is 10.0. The van der Waals surface area contributed by atoms with Gasteiger partial charge in [0.1, 0.15) is 17.5 Å². The minimum absolute atomic E-state index is 0.0122. The maximum atomic E-state index is 13.6. The van der Waals surface area contributed by atoms with Crippen molar-refractivity contribution in [1.29, 1.82) is 0 Å². The quantitative estimate of drug-likeness (QED) is 0.0414. The summed E-state index contributed by atoms with van der Waals surface area (Å²) in [7, 11) is 0. The molecule has 1 unspecified atom stereocenters. The molecule has 3 fully saturated rings. The van der Waals surface area contributed by atoms with E-state index in [2.05, 4.69) is 25.5 Å². The molecule has 1 aromatic carbocycles. The van der Waals surface area contributed by atoms with Gasteiger partial charge in [0, 0.05) is 60.9 Å². The average molecular weight is 1010 g/mol. The Kier molecular flexibility index (Phi) is 18.1. The van der Waals surface area contributed by atoms with Crippen molar-refractivity contribution in [2.45, 2.75) is 75.8 Å². The first-order chi connectivity index (χ1) is 35.0. The Balaban J connectivity index is 0.627. The van der Waals surface area contributed by atoms with E-state index in [1.807, 2.05) is 17.0 Å². The van der Waals surface area contributed by atoms with Crippen LogP contribution >= 0.6 is 11.8 Å². The van der Waals surface area contributed by atoms with Crippen LogP contribution < -0.4 is 21.1 Å². The smallest absolute Gasteiger partial charge is 0.263 e. The highest BCUT2D eigenvalue weighted by Gasteiger charge is 2.45. The summed E-state index contributed by atoms with van der Waals surface area (Å²) in [6, 6.07) is 7.83. The van der Waals surface area contributed by atoms with Gasteiger partial charge in [-0.3, -0.25) is 48.3 Å². The summed E-state index contributed by atoms with van der Waals surface area (Å²) in [5.74, 6) is -0.946. The minimum Gasteiger partial charge on any atom is -0.379 e. The van der Waals surface area contributed by atoms with Gasteiger partial charge in [-0.05, 0) is 62.9 Å². The summed E-state index contributed by atoms with van der Waals surface area (Å²) in [4.78, 5) is 109. The van der Waals surface area contributed by atoms with E-state index in [4.69, 9.17) is 28.7 Å². The molecule has 0 spiro atoms. The van der Waals surface area contributed by atoms with Crippen molar-refractivity contribution in [1.82, 2.24) is 34.6 Å². The molecular formula is C50H61N9O12S. The van der Waals surface area contributed by atoms with Crippen LogP contribution in [0.1, 0.15) is 94.5 Å². The molecule has 3 aromatic heterocycles. The van der Waals surface area contributed by atoms with Crippen LogP contribution in [0.4, 0.5) is 17.5 Å². The van der Waals surface area contributed by atoms with E-state index in [9.17, 15) is 33.6 Å². The second kappa shape index (κ2) is 25.0. The Morgan fingerprint density at radius 1 is 0.778 bits per heavy atom. The minimum atomic E-state index is -1.01. The first kappa shape index (κ1) is 52.2. The fraction of sp³-hybridized carbons (Fsp3) is 0.520. The number of hydrogen-bond donors (Lipinski definition) is 2. The number of ether oxygens (including phenoxy) is 5. The maximum Gasteiger partial charge on any atom is 0.263 e. The van der Waals surface area contributed by atoms with E-state index >= 15 is 0 Å². The number of carbonyl (C=O) groups is 6. The van der Waals surface area contributed by atoms with Gasteiger partial charge in [-0.25, -0.2) is 9.97 Å². The number of hydrogen-bond acceptors (Lipinski definition) is 18. The molecule has 6 heterocycles. The second-order valence-electron chi connectivity index (χ2n) is 17.8. The van der Waals surface area contributed by atoms with Gasteiger partial charge in [-0.1, -0.05) is 18.9 Å². The molecule has 22 heteroatoms. The van der Waals surface area contributed by atoms with Crippen molar-refractivity contribution in [3.05, 3.63) is 75.3 Å². The van der Waals surface area contributed by atoms with Crippen LogP contribution in [0.15, 0.2) is 52.4 Å². The number of pyridine rings is 2. The molecule has 384 valence electrons. The molecule has 1 atom stereocenters. The number of piperidine rings is 1. The molecular weight excluding hydrogens is 951 g/mol. The van der Waals surface area contributed by atoms with Gasteiger partial charge in [0.25, 0.3) is 17.4 Å². The van der Waals surface area contributed by atoms with Gasteiger partial charge in [-0.15, -0.1) is 11.8 Å². The third-order valence-corrected chi connectivity index (χ3v) is 14.1. The number of imide groups is 2. The zero-order valence-corrected chi connectivity index (χ0v) is 41.5. The van der Waals surface area contributed by atoms with Crippen LogP contribution in [0.2, 0.25) is 0 Å². The van der Waals surface area contributed by atoms with E-state index < -0.39 is 29.7 Å². The number of aryl methyl sites for hydroxylation is 1. The molecule has 5 amide bonds. The zero-order valence-electron chi connectivity index (χ0n) is 40.7. The third-order valence-electron chi connectivity index (χ3n) is 13.1. The molecule has 3 aliphatic heterocycles. The number of aromatic nitrogens is 4. The molecule has 8 rings (SSSR count). The van der Waals surface area contributed by atoms with Crippen molar-refractivity contribution in [2.75, 3.05) is 108 Å². The van der Waals surface area contributed by atoms with Gasteiger partial charge in [0.15, 0.2) is 5.78 Å². The fourth-order valence-electron chi connectivity index (χ4n) is 9.40. The van der Waals surface area contributed by atoms with Crippen LogP contribution in [0.5, 0.6) is 0 Å². The van der Waals surface area contributed by atoms with Crippen molar-refractivity contribution in [3.63, 3.8) is 0 Å². The Morgan fingerprint density at radius 3 is 2.08 bits per heavy atom. The van der Waals surface area contributed by atoms with Gasteiger partial charge < -0.3 is 38.8 Å². The zero-order chi connectivity index (χ0) is 50.6. The highest BCUT2D eigenvalue weighted by molar-refractivity contribution is 7.99. The van der Waals surface area contributed by atoms with Crippen LogP contribution in [0.3, 0.4) is 0 Å². The molecule has 2 N–H and O–H groups in total. The lowest BCUT2D eigenvalue weighted by Crippen LogP contribution is -2.54. The highest BCUT2D eigenvalue weighted by Crippen LogP contribution is 2.35. The summed E-state index contributed by atoms with van der Waals surface area (Å²) in [5.41, 5.74) is 2.47. The fourth-order valence-corrected chi connectivity index (χ4v) is 10.3. The Morgan fingerprint density at radius 2 is 1.44 bits per heavy atom. The van der Waals surface area contributed by atoms with E-state index in [0.29, 0.717) is 131 Å². The SMILES string of the molecule is CC(=O)c1c(C)c2cnc(Nc3ccc(N4CCN(C(=O)CCOCCOCCOCCOCCOCCSc5cccc6c5C(=O)N(C5CCC(=O)NC5=O)C6=O)CC4)cn3)nc2n(C2CCCC2)c1=O. The number of benzene rings is 1. The van der Waals surface area contributed by atoms with Gasteiger partial charge >= 0.3 is 0 Å². The summed E-state index contributed by atoms with van der Waals surface area (Å²) < 4.78 is 29.7. The normalized spacial score (nSPS) is 17.3. The number of fused-ring (bicyclic) bond motifs is 2. The molecule has 0 bridgehead atoms. The van der Waals surface area contributed by atoms with Crippen LogP contribution in [0, 0.1) is 6.92 Å². The largest absolute Gasteiger partial charge is 0.379 e. The lowest BCUT2D eigenvalue weighted by molar-refractivity contribution is -0.136. The number of carbonyl (C=O) groups excluding carboxylic acids is 6. The van der Waals surface area contributed by atoms with Crippen LogP contribution in [-0.4, -0.2) is 169 Å². The van der Waals surface area contributed by atoms with Crippen LogP contribution in [-0.2, 0) is 38.1 Å². The van der Waals surface area contributed by atoms with Crippen molar-refractivity contribution < 1.29 is 52.5 Å². The summed E-state index contributed by atoms with van der Waals surface area (Å²) in [6.07, 6.45) is 7.67. The second-order valence-corrected chi connectivity index (χ2v) is 18.9. The number of Topliss-reactive ketones (excluding diaryl/α,β-unsaturated/α-hetero) is 1. The molecule has 72 heavy (non-hydrogen) atoms. The maximum absolute atomic E-state index is 13.6. The van der Waals surface area contributed by atoms with E-state index in [1.54, 1.807) is 42.1 Å². The van der Waals surface area contributed by atoms with Crippen molar-refractivity contribution in [2.24, 2.45) is 0 Å². The van der Waals surface area contributed by atoms with Crippen molar-refractivity contribution >= 4 is 75.6 Å². The van der Waals surface area contributed by atoms with E-state index in [1.165, 1.54) is 18.7 Å². The molecule has 4 aliphatic rings. The van der Waals surface area contributed by atoms with Crippen LogP contribution in [0.25, 0.3) is 11.0 Å². The van der Waals surface area contributed by atoms with Crippen molar-refractivity contribution in [3.8, 4) is 0 Å². The van der Waals surface area contributed by atoms with Gasteiger partial charge in [0.2, 0.25) is 23.7 Å². The standard InChI is InChI=1S/C50H61N9O12S/c1-32-37-31-52-50(55-45(37)58(34-6-3-4-7-34)48(65)43(32)33(2)60)53-40-12-10-35(30-51-40)56-15-17-57(18-16-56)42(62)14-19-67-20-21-68-22-23-69-24-25-70-26-27-71-28-29-72-39-9-5-8-36-44(39)49(66)59(47(36)64)38-11-13-41(61)54-46(38)63/h5,8-10,12,30-31,34,38H,3-4,6-7,11,13-29H2,1-2H3,(H,54,61,63)(H,51,52,53,55). The number of rotatable bonds is 25.